The molecule has 2 aromatic carbocycles. The van der Waals surface area contributed by atoms with Crippen molar-refractivity contribution in [3.05, 3.63) is 71.8 Å². The lowest BCUT2D eigenvalue weighted by atomic mass is 10.0. The van der Waals surface area contributed by atoms with E-state index >= 15 is 0 Å². The summed E-state index contributed by atoms with van der Waals surface area (Å²) in [4.78, 5) is 0. The zero-order valence-electron chi connectivity index (χ0n) is 11.0. The summed E-state index contributed by atoms with van der Waals surface area (Å²) in [5, 5.41) is 0. The van der Waals surface area contributed by atoms with Crippen LogP contribution in [-0.2, 0) is 0 Å². The van der Waals surface area contributed by atoms with Gasteiger partial charge in [-0.2, -0.15) is 0 Å². The molecule has 1 nitrogen and oxygen atoms in total. The van der Waals surface area contributed by atoms with Crippen LogP contribution in [0.15, 0.2) is 60.7 Å². The Bertz CT molecular complexity index is 423. The van der Waals surface area contributed by atoms with E-state index in [1.165, 1.54) is 11.1 Å². The number of nitrogens with zero attached hydrogens (tertiary/aromatic N) is 1. The first-order valence-corrected chi connectivity index (χ1v) is 6.84. The number of hydrogen-bond donors (Lipinski definition) is 0. The van der Waals surface area contributed by atoms with Crippen molar-refractivity contribution in [1.82, 2.24) is 4.67 Å². The fourth-order valence-corrected chi connectivity index (χ4v) is 2.49. The molecule has 0 aliphatic carbocycles. The molecule has 0 bridgehead atoms. The van der Waals surface area contributed by atoms with Gasteiger partial charge in [-0.05, 0) is 25.0 Å². The van der Waals surface area contributed by atoms with Gasteiger partial charge in [-0.15, -0.1) is 0 Å². The van der Waals surface area contributed by atoms with Gasteiger partial charge in [0, 0.05) is 12.1 Å². The fraction of sp³-hybridized carbons (Fsp3) is 0.250. The highest BCUT2D eigenvalue weighted by atomic mass is 31.0. The van der Waals surface area contributed by atoms with Gasteiger partial charge in [0.2, 0.25) is 0 Å². The SMILES string of the molecule is CC(c1ccccc1)N(P)[C@@H](C)c1ccccc1. The smallest absolute Gasteiger partial charge is 0.0358 e. The van der Waals surface area contributed by atoms with Crippen molar-refractivity contribution in [3.8, 4) is 0 Å². The fourth-order valence-electron chi connectivity index (χ4n) is 2.14. The van der Waals surface area contributed by atoms with Gasteiger partial charge in [0.05, 0.1) is 0 Å². The van der Waals surface area contributed by atoms with Crippen LogP contribution in [0.3, 0.4) is 0 Å². The third-order valence-corrected chi connectivity index (χ3v) is 4.35. The van der Waals surface area contributed by atoms with Crippen LogP contribution in [0.4, 0.5) is 0 Å². The summed E-state index contributed by atoms with van der Waals surface area (Å²) in [6.07, 6.45) is 0. The zero-order valence-corrected chi connectivity index (χ0v) is 12.1. The minimum atomic E-state index is 0.381. The molecule has 2 heteroatoms. The molecule has 0 aliphatic rings. The van der Waals surface area contributed by atoms with Crippen molar-refractivity contribution in [2.24, 2.45) is 0 Å². The molecule has 18 heavy (non-hydrogen) atoms. The second-order valence-corrected chi connectivity index (χ2v) is 5.22. The summed E-state index contributed by atoms with van der Waals surface area (Å²) in [6, 6.07) is 22.0. The van der Waals surface area contributed by atoms with E-state index in [4.69, 9.17) is 0 Å². The van der Waals surface area contributed by atoms with Crippen LogP contribution in [0.1, 0.15) is 37.1 Å². The lowest BCUT2D eigenvalue weighted by Crippen LogP contribution is -2.20. The first kappa shape index (κ1) is 13.3. The van der Waals surface area contributed by atoms with Gasteiger partial charge in [0.25, 0.3) is 0 Å². The molecule has 0 saturated carbocycles. The molecule has 0 N–H and O–H groups in total. The van der Waals surface area contributed by atoms with Crippen molar-refractivity contribution in [2.75, 3.05) is 0 Å². The third-order valence-electron chi connectivity index (χ3n) is 3.46. The van der Waals surface area contributed by atoms with Crippen molar-refractivity contribution in [2.45, 2.75) is 25.9 Å². The van der Waals surface area contributed by atoms with Crippen LogP contribution in [0.5, 0.6) is 0 Å². The van der Waals surface area contributed by atoms with Crippen LogP contribution in [0.25, 0.3) is 0 Å². The van der Waals surface area contributed by atoms with Gasteiger partial charge in [0.15, 0.2) is 0 Å². The number of rotatable bonds is 4. The molecule has 3 atom stereocenters. The Hall–Kier alpha value is -1.17. The van der Waals surface area contributed by atoms with Gasteiger partial charge in [-0.25, -0.2) is 0 Å². The van der Waals surface area contributed by atoms with Gasteiger partial charge < -0.3 is 0 Å². The molecule has 0 fully saturated rings. The number of hydrogen-bond acceptors (Lipinski definition) is 1. The summed E-state index contributed by atoms with van der Waals surface area (Å²) in [5.41, 5.74) is 2.69. The predicted octanol–water partition coefficient (Wildman–Crippen LogP) is 4.60. The predicted molar refractivity (Wildman–Crippen MR) is 81.3 cm³/mol. The maximum absolute atomic E-state index is 2.87. The van der Waals surface area contributed by atoms with Gasteiger partial charge in [-0.1, -0.05) is 70.1 Å². The van der Waals surface area contributed by atoms with Crippen LogP contribution in [-0.4, -0.2) is 4.67 Å². The largest absolute Gasteiger partial charge is 0.273 e. The molecule has 0 radical (unpaired) electrons. The third kappa shape index (κ3) is 2.98. The van der Waals surface area contributed by atoms with E-state index in [1.54, 1.807) is 0 Å². The molecule has 0 amide bonds. The maximum Gasteiger partial charge on any atom is 0.0358 e. The lowest BCUT2D eigenvalue weighted by Gasteiger charge is -2.31. The molecule has 0 heterocycles. The standard InChI is InChI=1S/C16H20NP/c1-13(15-9-5-3-6-10-15)17(18)14(2)16-11-7-4-8-12-16/h3-14H,18H2,1-2H3/t13-,14?/m0/s1. The molecule has 94 valence electrons. The van der Waals surface area contributed by atoms with Gasteiger partial charge >= 0.3 is 0 Å². The van der Waals surface area contributed by atoms with Crippen LogP contribution in [0, 0.1) is 0 Å². The van der Waals surface area contributed by atoms with E-state index in [2.05, 4.69) is 88.6 Å². The molecule has 0 aliphatic heterocycles. The summed E-state index contributed by atoms with van der Waals surface area (Å²) in [6.45, 7) is 4.48. The molecular formula is C16H20NP. The van der Waals surface area contributed by atoms with Crippen molar-refractivity contribution in [1.29, 1.82) is 0 Å². The van der Waals surface area contributed by atoms with Gasteiger partial charge in [0.1, 0.15) is 0 Å². The van der Waals surface area contributed by atoms with Crippen molar-refractivity contribution >= 4 is 9.39 Å². The average Bonchev–Trinajstić information content (AvgIpc) is 2.47. The Labute approximate surface area is 112 Å². The van der Waals surface area contributed by atoms with Crippen LogP contribution >= 0.6 is 9.39 Å². The summed E-state index contributed by atoms with van der Waals surface area (Å²) < 4.78 is 2.32. The van der Waals surface area contributed by atoms with E-state index in [0.717, 1.165) is 0 Å². The van der Waals surface area contributed by atoms with E-state index in [-0.39, 0.29) is 0 Å². The summed E-state index contributed by atoms with van der Waals surface area (Å²) in [5.74, 6) is 0. The van der Waals surface area contributed by atoms with E-state index < -0.39 is 0 Å². The minimum absolute atomic E-state index is 0.381. The van der Waals surface area contributed by atoms with E-state index in [0.29, 0.717) is 12.1 Å². The van der Waals surface area contributed by atoms with Crippen molar-refractivity contribution in [3.63, 3.8) is 0 Å². The Morgan fingerprint density at radius 3 is 1.39 bits per heavy atom. The van der Waals surface area contributed by atoms with E-state index in [9.17, 15) is 0 Å². The normalized spacial score (nSPS) is 14.4. The lowest BCUT2D eigenvalue weighted by molar-refractivity contribution is 0.310. The summed E-state index contributed by atoms with van der Waals surface area (Å²) in [7, 11) is 2.87. The minimum Gasteiger partial charge on any atom is -0.273 e. The maximum atomic E-state index is 2.87. The van der Waals surface area contributed by atoms with E-state index in [1.807, 2.05) is 0 Å². The molecule has 2 aromatic rings. The van der Waals surface area contributed by atoms with Crippen molar-refractivity contribution < 1.29 is 0 Å². The Morgan fingerprint density at radius 2 is 1.06 bits per heavy atom. The van der Waals surface area contributed by atoms with Crippen LogP contribution < -0.4 is 0 Å². The first-order chi connectivity index (χ1) is 8.70. The quantitative estimate of drug-likeness (QED) is 0.723. The molecular weight excluding hydrogens is 237 g/mol. The Kier molecular flexibility index (Phi) is 4.52. The Balaban J connectivity index is 2.14. The van der Waals surface area contributed by atoms with Crippen LogP contribution in [0.2, 0.25) is 0 Å². The highest BCUT2D eigenvalue weighted by molar-refractivity contribution is 7.13. The molecule has 0 saturated heterocycles. The molecule has 2 rings (SSSR count). The topological polar surface area (TPSA) is 3.24 Å². The first-order valence-electron chi connectivity index (χ1n) is 6.33. The highest BCUT2D eigenvalue weighted by Crippen LogP contribution is 2.33. The van der Waals surface area contributed by atoms with Gasteiger partial charge in [-0.3, -0.25) is 4.67 Å². The molecule has 0 spiro atoms. The monoisotopic (exact) mass is 257 g/mol. The second kappa shape index (κ2) is 6.13. The highest BCUT2D eigenvalue weighted by Gasteiger charge is 2.18. The average molecular weight is 257 g/mol. The number of benzene rings is 2. The Morgan fingerprint density at radius 1 is 0.722 bits per heavy atom. The molecule has 0 aromatic heterocycles. The second-order valence-electron chi connectivity index (χ2n) is 4.62. The zero-order chi connectivity index (χ0) is 13.0. The molecule has 2 unspecified atom stereocenters. The summed E-state index contributed by atoms with van der Waals surface area (Å²) >= 11 is 0.